The Bertz CT molecular complexity index is 324. The third-order valence-corrected chi connectivity index (χ3v) is 5.19. The highest BCUT2D eigenvalue weighted by molar-refractivity contribution is 14.0. The number of guanidine groups is 1. The Morgan fingerprint density at radius 3 is 2.41 bits per heavy atom. The Hall–Kier alpha value is -0.0400. The molecule has 0 aromatic rings. The second kappa shape index (κ2) is 10.7. The molecule has 0 saturated heterocycles. The van der Waals surface area contributed by atoms with Crippen LogP contribution in [0.5, 0.6) is 0 Å². The van der Waals surface area contributed by atoms with Crippen LogP contribution in [0.25, 0.3) is 0 Å². The molecule has 2 aliphatic rings. The molecule has 5 heteroatoms. The van der Waals surface area contributed by atoms with Gasteiger partial charge in [0.15, 0.2) is 5.96 Å². The molecule has 2 rings (SSSR count). The van der Waals surface area contributed by atoms with E-state index in [0.717, 1.165) is 26.2 Å². The van der Waals surface area contributed by atoms with Crippen LogP contribution in [0, 0.1) is 5.41 Å². The Labute approximate surface area is 153 Å². The van der Waals surface area contributed by atoms with Gasteiger partial charge in [0.2, 0.25) is 0 Å². The Kier molecular flexibility index (Phi) is 9.71. The smallest absolute Gasteiger partial charge is 0.188 e. The van der Waals surface area contributed by atoms with Crippen molar-refractivity contribution in [3.63, 3.8) is 0 Å². The summed E-state index contributed by atoms with van der Waals surface area (Å²) in [6.45, 7) is 4.60. The lowest BCUT2D eigenvalue weighted by molar-refractivity contribution is 0.0609. The Morgan fingerprint density at radius 2 is 1.86 bits per heavy atom. The van der Waals surface area contributed by atoms with Crippen molar-refractivity contribution in [2.45, 2.75) is 77.2 Å². The summed E-state index contributed by atoms with van der Waals surface area (Å²) in [6, 6.07) is 0.539. The second-order valence-electron chi connectivity index (χ2n) is 6.83. The van der Waals surface area contributed by atoms with E-state index in [-0.39, 0.29) is 24.0 Å². The standard InChI is InChI=1S/C17H33N3O.HI/c1-2-21-13-12-17(10-7-11-17)14-19-16(18)20-15-8-5-3-4-6-9-15;/h15H,2-14H2,1H3,(H3,18,19,20);1H. The number of ether oxygens (including phenoxy) is 1. The number of aliphatic imine (C=N–C) groups is 1. The SMILES string of the molecule is CCOCCC1(CN=C(N)NC2CCCCCC2)CCC1.I. The molecule has 0 amide bonds. The van der Waals surface area contributed by atoms with Crippen LogP contribution in [0.3, 0.4) is 0 Å². The summed E-state index contributed by atoms with van der Waals surface area (Å²) in [6.07, 6.45) is 12.9. The molecule has 2 saturated carbocycles. The Morgan fingerprint density at radius 1 is 1.18 bits per heavy atom. The molecule has 3 N–H and O–H groups in total. The van der Waals surface area contributed by atoms with Crippen LogP contribution >= 0.6 is 24.0 Å². The molecule has 2 fully saturated rings. The molecule has 0 unspecified atom stereocenters. The lowest BCUT2D eigenvalue weighted by atomic mass is 9.67. The third-order valence-electron chi connectivity index (χ3n) is 5.19. The van der Waals surface area contributed by atoms with Crippen molar-refractivity contribution >= 4 is 29.9 Å². The molecular formula is C17H34IN3O. The van der Waals surface area contributed by atoms with Gasteiger partial charge in [-0.2, -0.15) is 0 Å². The fourth-order valence-electron chi connectivity index (χ4n) is 3.53. The van der Waals surface area contributed by atoms with E-state index in [1.165, 1.54) is 57.8 Å². The van der Waals surface area contributed by atoms with E-state index >= 15 is 0 Å². The summed E-state index contributed by atoms with van der Waals surface area (Å²) in [5.74, 6) is 0.657. The fraction of sp³-hybridized carbons (Fsp3) is 0.941. The quantitative estimate of drug-likeness (QED) is 0.215. The molecule has 0 atom stereocenters. The first-order chi connectivity index (χ1) is 10.2. The van der Waals surface area contributed by atoms with E-state index in [4.69, 9.17) is 10.5 Å². The molecule has 0 aromatic carbocycles. The number of rotatable bonds is 7. The first kappa shape index (κ1) is 20.0. The van der Waals surface area contributed by atoms with Gasteiger partial charge in [0.05, 0.1) is 0 Å². The van der Waals surface area contributed by atoms with E-state index in [9.17, 15) is 0 Å². The lowest BCUT2D eigenvalue weighted by Gasteiger charge is -2.40. The van der Waals surface area contributed by atoms with Gasteiger partial charge >= 0.3 is 0 Å². The number of nitrogens with zero attached hydrogens (tertiary/aromatic N) is 1. The average Bonchev–Trinajstić information content (AvgIpc) is 2.69. The van der Waals surface area contributed by atoms with Gasteiger partial charge in [-0.25, -0.2) is 0 Å². The summed E-state index contributed by atoms with van der Waals surface area (Å²) in [5.41, 5.74) is 6.47. The maximum absolute atomic E-state index is 6.10. The number of halogens is 1. The molecular weight excluding hydrogens is 389 g/mol. The Balaban J connectivity index is 0.00000242. The van der Waals surface area contributed by atoms with Gasteiger partial charge in [-0.15, -0.1) is 24.0 Å². The number of nitrogens with one attached hydrogen (secondary N) is 1. The molecule has 0 heterocycles. The number of hydrogen-bond acceptors (Lipinski definition) is 2. The van der Waals surface area contributed by atoms with Crippen LogP contribution in [0.15, 0.2) is 4.99 Å². The number of nitrogens with two attached hydrogens (primary N) is 1. The van der Waals surface area contributed by atoms with Gasteiger partial charge in [-0.3, -0.25) is 4.99 Å². The molecule has 0 spiro atoms. The summed E-state index contributed by atoms with van der Waals surface area (Å²) in [5, 5.41) is 3.44. The average molecular weight is 423 g/mol. The van der Waals surface area contributed by atoms with Crippen molar-refractivity contribution in [1.29, 1.82) is 0 Å². The highest BCUT2D eigenvalue weighted by Crippen LogP contribution is 2.44. The lowest BCUT2D eigenvalue weighted by Crippen LogP contribution is -2.41. The van der Waals surface area contributed by atoms with Gasteiger partial charge in [-0.1, -0.05) is 32.1 Å². The first-order valence-corrected chi connectivity index (χ1v) is 8.88. The predicted octanol–water partition coefficient (Wildman–Crippen LogP) is 3.83. The normalized spacial score (nSPS) is 22.3. The van der Waals surface area contributed by atoms with Crippen molar-refractivity contribution in [2.24, 2.45) is 16.1 Å². The van der Waals surface area contributed by atoms with Crippen LogP contribution in [0.2, 0.25) is 0 Å². The monoisotopic (exact) mass is 423 g/mol. The van der Waals surface area contributed by atoms with Crippen molar-refractivity contribution in [2.75, 3.05) is 19.8 Å². The highest BCUT2D eigenvalue weighted by atomic mass is 127. The fourth-order valence-corrected chi connectivity index (χ4v) is 3.53. The van der Waals surface area contributed by atoms with Crippen molar-refractivity contribution in [3.05, 3.63) is 0 Å². The van der Waals surface area contributed by atoms with Gasteiger partial charge in [-0.05, 0) is 44.4 Å². The van der Waals surface area contributed by atoms with E-state index in [0.29, 0.717) is 17.4 Å². The molecule has 22 heavy (non-hydrogen) atoms. The van der Waals surface area contributed by atoms with Gasteiger partial charge < -0.3 is 15.8 Å². The minimum absolute atomic E-state index is 0. The first-order valence-electron chi connectivity index (χ1n) is 8.88. The van der Waals surface area contributed by atoms with Gasteiger partial charge in [0.1, 0.15) is 0 Å². The summed E-state index contributed by atoms with van der Waals surface area (Å²) < 4.78 is 5.51. The molecule has 2 aliphatic carbocycles. The summed E-state index contributed by atoms with van der Waals surface area (Å²) in [7, 11) is 0. The number of hydrogen-bond donors (Lipinski definition) is 2. The molecule has 0 aromatic heterocycles. The van der Waals surface area contributed by atoms with E-state index in [1.807, 2.05) is 0 Å². The minimum atomic E-state index is 0. The van der Waals surface area contributed by atoms with Gasteiger partial charge in [0, 0.05) is 25.8 Å². The van der Waals surface area contributed by atoms with E-state index < -0.39 is 0 Å². The van der Waals surface area contributed by atoms with E-state index in [1.54, 1.807) is 0 Å². The zero-order valence-corrected chi connectivity index (χ0v) is 16.4. The largest absolute Gasteiger partial charge is 0.382 e. The zero-order chi connectivity index (χ0) is 15.0. The molecule has 130 valence electrons. The molecule has 0 radical (unpaired) electrons. The summed E-state index contributed by atoms with van der Waals surface area (Å²) >= 11 is 0. The second-order valence-corrected chi connectivity index (χ2v) is 6.83. The predicted molar refractivity (Wildman–Crippen MR) is 104 cm³/mol. The van der Waals surface area contributed by atoms with Gasteiger partial charge in [0.25, 0.3) is 0 Å². The maximum atomic E-state index is 6.10. The van der Waals surface area contributed by atoms with Crippen molar-refractivity contribution in [1.82, 2.24) is 5.32 Å². The summed E-state index contributed by atoms with van der Waals surface area (Å²) in [4.78, 5) is 4.65. The van der Waals surface area contributed by atoms with Crippen LogP contribution in [0.4, 0.5) is 0 Å². The van der Waals surface area contributed by atoms with Crippen LogP contribution in [-0.4, -0.2) is 31.8 Å². The van der Waals surface area contributed by atoms with Crippen molar-refractivity contribution < 1.29 is 4.74 Å². The van der Waals surface area contributed by atoms with Crippen molar-refractivity contribution in [3.8, 4) is 0 Å². The highest BCUT2D eigenvalue weighted by Gasteiger charge is 2.36. The van der Waals surface area contributed by atoms with Crippen LogP contribution in [-0.2, 0) is 4.74 Å². The zero-order valence-electron chi connectivity index (χ0n) is 14.1. The molecule has 0 aliphatic heterocycles. The van der Waals surface area contributed by atoms with E-state index in [2.05, 4.69) is 17.2 Å². The third kappa shape index (κ3) is 6.60. The van der Waals surface area contributed by atoms with Crippen LogP contribution in [0.1, 0.15) is 71.1 Å². The minimum Gasteiger partial charge on any atom is -0.382 e. The molecule has 4 nitrogen and oxygen atoms in total. The maximum Gasteiger partial charge on any atom is 0.188 e. The molecule has 0 bridgehead atoms. The topological polar surface area (TPSA) is 59.6 Å². The van der Waals surface area contributed by atoms with Crippen LogP contribution < -0.4 is 11.1 Å².